The van der Waals surface area contributed by atoms with Crippen molar-refractivity contribution in [3.8, 4) is 0 Å². The number of aryl methyl sites for hydroxylation is 1. The molecule has 0 heterocycles. The second kappa shape index (κ2) is 6.14. The summed E-state index contributed by atoms with van der Waals surface area (Å²) in [6.07, 6.45) is 1.39. The zero-order chi connectivity index (χ0) is 14.5. The lowest BCUT2D eigenvalue weighted by atomic mass is 10.2. The third-order valence-electron chi connectivity index (χ3n) is 2.52. The van der Waals surface area contributed by atoms with Gasteiger partial charge < -0.3 is 0 Å². The van der Waals surface area contributed by atoms with Crippen LogP contribution in [0.4, 0.5) is 11.4 Å². The summed E-state index contributed by atoms with van der Waals surface area (Å²) in [5.74, 6) is 0. The molecule has 0 saturated heterocycles. The Hall–Kier alpha value is -2.43. The van der Waals surface area contributed by atoms with Gasteiger partial charge in [-0.2, -0.15) is 4.99 Å². The molecule has 0 N–H and O–H groups in total. The molecule has 0 aliphatic carbocycles. The normalized spacial score (nSPS) is 9.85. The molecule has 0 saturated carbocycles. The quantitative estimate of drug-likeness (QED) is 0.368. The van der Waals surface area contributed by atoms with Gasteiger partial charge in [-0.3, -0.25) is 10.1 Å². The Morgan fingerprint density at radius 1 is 1.15 bits per heavy atom. The van der Waals surface area contributed by atoms with E-state index in [4.69, 9.17) is 0 Å². The lowest BCUT2D eigenvalue weighted by molar-refractivity contribution is -0.385. The molecule has 0 spiro atoms. The van der Waals surface area contributed by atoms with Crippen LogP contribution in [0.3, 0.4) is 0 Å². The van der Waals surface area contributed by atoms with E-state index in [-0.39, 0.29) is 11.4 Å². The molecule has 2 rings (SSSR count). The molecule has 0 aromatic heterocycles. The lowest BCUT2D eigenvalue weighted by Gasteiger charge is -2.03. The van der Waals surface area contributed by atoms with Crippen LogP contribution in [0.25, 0.3) is 0 Å². The fourth-order valence-electron chi connectivity index (χ4n) is 1.59. The topological polar surface area (TPSA) is 72.6 Å². The summed E-state index contributed by atoms with van der Waals surface area (Å²) in [6.45, 7) is 1.98. The summed E-state index contributed by atoms with van der Waals surface area (Å²) >= 11 is 1.37. The van der Waals surface area contributed by atoms with Crippen molar-refractivity contribution in [3.63, 3.8) is 0 Å². The molecule has 2 aromatic rings. The second-order valence-corrected chi connectivity index (χ2v) is 5.21. The number of hydrogen-bond acceptors (Lipinski definition) is 5. The summed E-state index contributed by atoms with van der Waals surface area (Å²) in [5.41, 5.74) is 1.26. The summed E-state index contributed by atoms with van der Waals surface area (Å²) in [4.78, 5) is 25.7. The highest BCUT2D eigenvalue weighted by Crippen LogP contribution is 2.33. The van der Waals surface area contributed by atoms with E-state index in [1.54, 1.807) is 6.07 Å². The van der Waals surface area contributed by atoms with Crippen LogP contribution < -0.4 is 0 Å². The molecule has 0 fully saturated rings. The zero-order valence-electron chi connectivity index (χ0n) is 10.6. The first-order valence-corrected chi connectivity index (χ1v) is 6.52. The Morgan fingerprint density at radius 2 is 1.85 bits per heavy atom. The van der Waals surface area contributed by atoms with Crippen LogP contribution in [0.5, 0.6) is 0 Å². The van der Waals surface area contributed by atoms with Crippen molar-refractivity contribution in [2.75, 3.05) is 0 Å². The van der Waals surface area contributed by atoms with Gasteiger partial charge in [-0.1, -0.05) is 29.5 Å². The van der Waals surface area contributed by atoms with E-state index >= 15 is 0 Å². The molecule has 20 heavy (non-hydrogen) atoms. The number of nitrogens with zero attached hydrogens (tertiary/aromatic N) is 2. The molecule has 0 amide bonds. The highest BCUT2D eigenvalue weighted by Gasteiger charge is 2.10. The molecule has 0 unspecified atom stereocenters. The van der Waals surface area contributed by atoms with Crippen LogP contribution in [0, 0.1) is 17.0 Å². The van der Waals surface area contributed by atoms with Gasteiger partial charge in [-0.05, 0) is 25.1 Å². The Kier molecular flexibility index (Phi) is 4.30. The maximum Gasteiger partial charge on any atom is 0.272 e. The third kappa shape index (κ3) is 3.54. The van der Waals surface area contributed by atoms with Gasteiger partial charge in [0, 0.05) is 21.9 Å². The predicted octanol–water partition coefficient (Wildman–Crippen LogP) is 4.02. The van der Waals surface area contributed by atoms with Crippen LogP contribution in [0.1, 0.15) is 5.56 Å². The minimum atomic E-state index is -0.511. The maximum atomic E-state index is 10.9. The third-order valence-corrected chi connectivity index (χ3v) is 3.50. The average molecular weight is 286 g/mol. The van der Waals surface area contributed by atoms with Gasteiger partial charge >= 0.3 is 0 Å². The lowest BCUT2D eigenvalue weighted by Crippen LogP contribution is -1.88. The summed E-state index contributed by atoms with van der Waals surface area (Å²) in [5, 5.41) is 10.9. The number of carbonyl (C=O) groups excluding carboxylic acids is 1. The molecule has 0 bridgehead atoms. The van der Waals surface area contributed by atoms with Gasteiger partial charge in [0.2, 0.25) is 6.08 Å². The molecule has 2 aromatic carbocycles. The van der Waals surface area contributed by atoms with E-state index in [2.05, 4.69) is 4.99 Å². The van der Waals surface area contributed by atoms with Crippen molar-refractivity contribution in [3.05, 3.63) is 58.1 Å². The van der Waals surface area contributed by atoms with Crippen LogP contribution in [-0.2, 0) is 4.79 Å². The number of benzene rings is 2. The fourth-order valence-corrected chi connectivity index (χ4v) is 2.50. The molecule has 0 radical (unpaired) electrons. The van der Waals surface area contributed by atoms with Gasteiger partial charge in [0.1, 0.15) is 0 Å². The number of aliphatic imine (C=N–C) groups is 1. The van der Waals surface area contributed by atoms with Crippen molar-refractivity contribution in [1.82, 2.24) is 0 Å². The Morgan fingerprint density at radius 3 is 2.45 bits per heavy atom. The summed E-state index contributed by atoms with van der Waals surface area (Å²) in [7, 11) is 0. The van der Waals surface area contributed by atoms with E-state index in [0.717, 1.165) is 10.5 Å². The van der Waals surface area contributed by atoms with Crippen molar-refractivity contribution < 1.29 is 9.72 Å². The monoisotopic (exact) mass is 286 g/mol. The molecule has 0 atom stereocenters. The van der Waals surface area contributed by atoms with E-state index in [9.17, 15) is 14.9 Å². The van der Waals surface area contributed by atoms with Crippen molar-refractivity contribution in [1.29, 1.82) is 0 Å². The number of nitro benzene ring substituents is 1. The molecule has 0 aliphatic heterocycles. The second-order valence-electron chi connectivity index (χ2n) is 4.06. The summed E-state index contributed by atoms with van der Waals surface area (Å²) in [6, 6.07) is 12.1. The van der Waals surface area contributed by atoms with Crippen molar-refractivity contribution in [2.45, 2.75) is 16.7 Å². The van der Waals surface area contributed by atoms with Crippen LogP contribution in [0.15, 0.2) is 57.2 Å². The van der Waals surface area contributed by atoms with Gasteiger partial charge in [-0.25, -0.2) is 4.79 Å². The standard InChI is InChI=1S/C14H10N2O3S/c1-10-2-4-13(5-3-10)20-14-7-11(15-9-17)6-12(8-14)16(18)19/h2-8H,1H3. The number of non-ortho nitro benzene ring substituents is 1. The average Bonchev–Trinajstić information content (AvgIpc) is 2.41. The first kappa shape index (κ1) is 14.0. The highest BCUT2D eigenvalue weighted by atomic mass is 32.2. The van der Waals surface area contributed by atoms with Gasteiger partial charge in [0.15, 0.2) is 0 Å². The Labute approximate surface area is 119 Å². The van der Waals surface area contributed by atoms with Crippen LogP contribution in [0.2, 0.25) is 0 Å². The predicted molar refractivity (Wildman–Crippen MR) is 76.2 cm³/mol. The van der Waals surface area contributed by atoms with Gasteiger partial charge in [-0.15, -0.1) is 0 Å². The smallest absolute Gasteiger partial charge is 0.258 e. The maximum absolute atomic E-state index is 10.9. The highest BCUT2D eigenvalue weighted by molar-refractivity contribution is 7.99. The van der Waals surface area contributed by atoms with Crippen LogP contribution >= 0.6 is 11.8 Å². The number of hydrogen-bond donors (Lipinski definition) is 0. The molecular formula is C14H10N2O3S. The number of nitro groups is 1. The summed E-state index contributed by atoms with van der Waals surface area (Å²) < 4.78 is 0. The number of rotatable bonds is 4. The van der Waals surface area contributed by atoms with E-state index in [0.29, 0.717) is 4.90 Å². The van der Waals surface area contributed by atoms with E-state index in [1.165, 1.54) is 30.0 Å². The Balaban J connectivity index is 2.37. The SMILES string of the molecule is Cc1ccc(Sc2cc(N=C=O)cc([N+](=O)[O-])c2)cc1. The van der Waals surface area contributed by atoms with Crippen LogP contribution in [-0.4, -0.2) is 11.0 Å². The minimum Gasteiger partial charge on any atom is -0.258 e. The molecule has 6 heteroatoms. The van der Waals surface area contributed by atoms with E-state index in [1.807, 2.05) is 31.2 Å². The minimum absolute atomic E-state index is 0.101. The number of isocyanates is 1. The molecule has 100 valence electrons. The van der Waals surface area contributed by atoms with Crippen molar-refractivity contribution >= 4 is 29.2 Å². The van der Waals surface area contributed by atoms with Gasteiger partial charge in [0.05, 0.1) is 10.6 Å². The van der Waals surface area contributed by atoms with Gasteiger partial charge in [0.25, 0.3) is 5.69 Å². The zero-order valence-corrected chi connectivity index (χ0v) is 11.4. The Bertz CT molecular complexity index is 672. The molecular weight excluding hydrogens is 276 g/mol. The van der Waals surface area contributed by atoms with Crippen molar-refractivity contribution in [2.24, 2.45) is 4.99 Å². The first-order chi connectivity index (χ1) is 9.58. The largest absolute Gasteiger partial charge is 0.272 e. The first-order valence-electron chi connectivity index (χ1n) is 5.70. The fraction of sp³-hybridized carbons (Fsp3) is 0.0714. The molecule has 5 nitrogen and oxygen atoms in total. The molecule has 0 aliphatic rings. The van der Waals surface area contributed by atoms with E-state index < -0.39 is 4.92 Å².